The summed E-state index contributed by atoms with van der Waals surface area (Å²) in [6.45, 7) is 5.20. The molecule has 3 aliphatic heterocycles. The van der Waals surface area contributed by atoms with Gasteiger partial charge >= 0.3 is 0 Å². The summed E-state index contributed by atoms with van der Waals surface area (Å²) in [5.41, 5.74) is 5.00. The van der Waals surface area contributed by atoms with E-state index < -0.39 is 9.84 Å². The van der Waals surface area contributed by atoms with Crippen LogP contribution in [0.5, 0.6) is 5.75 Å². The van der Waals surface area contributed by atoms with Crippen LogP contribution in [-0.2, 0) is 27.5 Å². The molecule has 3 aromatic rings. The molecule has 1 atom stereocenters. The van der Waals surface area contributed by atoms with Crippen molar-refractivity contribution < 1.29 is 17.9 Å². The van der Waals surface area contributed by atoms with Gasteiger partial charge in [-0.05, 0) is 30.5 Å². The van der Waals surface area contributed by atoms with E-state index in [9.17, 15) is 8.42 Å². The Bertz CT molecular complexity index is 1320. The van der Waals surface area contributed by atoms with Gasteiger partial charge in [0.15, 0.2) is 14.9 Å². The molecule has 6 rings (SSSR count). The van der Waals surface area contributed by atoms with Crippen molar-refractivity contribution >= 4 is 27.0 Å². The second kappa shape index (κ2) is 7.35. The Balaban J connectivity index is 1.43. The quantitative estimate of drug-likeness (QED) is 0.640. The Hall–Kier alpha value is -2.85. The molecule has 1 fully saturated rings. The van der Waals surface area contributed by atoms with Crippen molar-refractivity contribution in [3.05, 3.63) is 41.3 Å². The Labute approximate surface area is 186 Å². The van der Waals surface area contributed by atoms with E-state index in [1.54, 1.807) is 16.9 Å². The van der Waals surface area contributed by atoms with Crippen molar-refractivity contribution in [3.8, 4) is 5.75 Å². The number of aromatic nitrogens is 3. The minimum atomic E-state index is -3.50. The van der Waals surface area contributed by atoms with E-state index in [1.807, 2.05) is 6.07 Å². The van der Waals surface area contributed by atoms with Crippen molar-refractivity contribution in [2.45, 2.75) is 37.4 Å². The lowest BCUT2D eigenvalue weighted by atomic mass is 10.00. The maximum atomic E-state index is 13.0. The number of hydrogen-bond donors (Lipinski definition) is 1. The molecule has 0 spiro atoms. The van der Waals surface area contributed by atoms with Gasteiger partial charge in [-0.15, -0.1) is 0 Å². The Morgan fingerprint density at radius 3 is 3.06 bits per heavy atom. The van der Waals surface area contributed by atoms with Gasteiger partial charge in [-0.3, -0.25) is 4.40 Å². The number of nitrogens with zero attached hydrogens (tertiary/aromatic N) is 4. The van der Waals surface area contributed by atoms with Gasteiger partial charge in [0.05, 0.1) is 43.5 Å². The summed E-state index contributed by atoms with van der Waals surface area (Å²) in [4.78, 5) is 11.2. The summed E-state index contributed by atoms with van der Waals surface area (Å²) >= 11 is 0. The highest BCUT2D eigenvalue weighted by Crippen LogP contribution is 2.35. The average molecular weight is 456 g/mol. The maximum Gasteiger partial charge on any atom is 0.209 e. The van der Waals surface area contributed by atoms with E-state index in [-0.39, 0.29) is 16.8 Å². The van der Waals surface area contributed by atoms with Gasteiger partial charge in [0.25, 0.3) is 0 Å². The molecule has 32 heavy (non-hydrogen) atoms. The number of aryl methyl sites for hydroxylation is 1. The highest BCUT2D eigenvalue weighted by molar-refractivity contribution is 7.91. The van der Waals surface area contributed by atoms with Gasteiger partial charge in [0.1, 0.15) is 17.6 Å². The van der Waals surface area contributed by atoms with Crippen LogP contribution in [0.4, 0.5) is 11.6 Å². The maximum absolute atomic E-state index is 13.0. The first-order valence-electron chi connectivity index (χ1n) is 10.9. The largest absolute Gasteiger partial charge is 0.493 e. The predicted octanol–water partition coefficient (Wildman–Crippen LogP) is 1.97. The fourth-order valence-electron chi connectivity index (χ4n) is 5.01. The zero-order chi connectivity index (χ0) is 21.9. The second-order valence-electron chi connectivity index (χ2n) is 8.55. The first kappa shape index (κ1) is 19.8. The molecule has 0 saturated carbocycles. The van der Waals surface area contributed by atoms with Crippen LogP contribution in [-0.4, -0.2) is 60.9 Å². The van der Waals surface area contributed by atoms with Gasteiger partial charge in [-0.2, -0.15) is 0 Å². The van der Waals surface area contributed by atoms with E-state index in [1.165, 1.54) is 16.7 Å². The summed E-state index contributed by atoms with van der Waals surface area (Å²) in [5.74, 6) is 1.57. The Morgan fingerprint density at radius 1 is 1.25 bits per heavy atom. The van der Waals surface area contributed by atoms with E-state index in [0.29, 0.717) is 50.8 Å². The molecule has 1 N–H and O–H groups in total. The van der Waals surface area contributed by atoms with Gasteiger partial charge < -0.3 is 19.7 Å². The van der Waals surface area contributed by atoms with Crippen LogP contribution in [0.25, 0.3) is 5.52 Å². The number of nitrogens with one attached hydrogen (secondary N) is 1. The molecule has 2 aromatic heterocycles. The van der Waals surface area contributed by atoms with Crippen LogP contribution in [0.3, 0.4) is 0 Å². The summed E-state index contributed by atoms with van der Waals surface area (Å²) < 4.78 is 39.2. The van der Waals surface area contributed by atoms with Crippen LogP contribution in [0.2, 0.25) is 0 Å². The van der Waals surface area contributed by atoms with Crippen LogP contribution in [0.15, 0.2) is 29.7 Å². The number of anilines is 2. The van der Waals surface area contributed by atoms with Crippen molar-refractivity contribution in [1.29, 1.82) is 0 Å². The molecule has 1 unspecified atom stereocenters. The third kappa shape index (κ3) is 3.04. The number of ether oxygens (including phenoxy) is 2. The SMILES string of the molecule is Cc1ccc2c(c1CNc1ncc3c4c(ncn14)S(=O)(=O)CCC1COCCN31)CCO2. The molecule has 3 aliphatic rings. The third-order valence-corrected chi connectivity index (χ3v) is 8.38. The molecule has 10 heteroatoms. The van der Waals surface area contributed by atoms with Crippen LogP contribution >= 0.6 is 0 Å². The summed E-state index contributed by atoms with van der Waals surface area (Å²) in [5, 5.41) is 3.55. The first-order valence-corrected chi connectivity index (χ1v) is 12.6. The highest BCUT2D eigenvalue weighted by Gasteiger charge is 2.34. The zero-order valence-corrected chi connectivity index (χ0v) is 18.7. The summed E-state index contributed by atoms with van der Waals surface area (Å²) in [6, 6.07) is 4.11. The average Bonchev–Trinajstić information content (AvgIpc) is 3.44. The van der Waals surface area contributed by atoms with Crippen molar-refractivity contribution in [3.63, 3.8) is 0 Å². The van der Waals surface area contributed by atoms with E-state index in [4.69, 9.17) is 9.47 Å². The molecule has 5 heterocycles. The molecular formula is C22H25N5O4S. The number of hydrogen-bond acceptors (Lipinski definition) is 8. The number of imidazole rings is 1. The lowest BCUT2D eigenvalue weighted by Crippen LogP contribution is -2.47. The third-order valence-electron chi connectivity index (χ3n) is 6.72. The Kier molecular flexibility index (Phi) is 4.55. The predicted molar refractivity (Wildman–Crippen MR) is 119 cm³/mol. The van der Waals surface area contributed by atoms with Crippen LogP contribution < -0.4 is 15.0 Å². The topological polar surface area (TPSA) is 98.1 Å². The summed E-state index contributed by atoms with van der Waals surface area (Å²) in [6.07, 6.45) is 4.74. The fraction of sp³-hybridized carbons (Fsp3) is 0.455. The smallest absolute Gasteiger partial charge is 0.209 e. The number of morpholine rings is 1. The van der Waals surface area contributed by atoms with Gasteiger partial charge in [0.2, 0.25) is 5.95 Å². The Morgan fingerprint density at radius 2 is 2.16 bits per heavy atom. The number of fused-ring (bicyclic) bond motifs is 3. The molecule has 0 aliphatic carbocycles. The molecule has 168 valence electrons. The van der Waals surface area contributed by atoms with Crippen molar-refractivity contribution in [2.75, 3.05) is 42.3 Å². The van der Waals surface area contributed by atoms with Gasteiger partial charge in [-0.1, -0.05) is 6.07 Å². The van der Waals surface area contributed by atoms with Crippen molar-refractivity contribution in [1.82, 2.24) is 14.4 Å². The lowest BCUT2D eigenvalue weighted by molar-refractivity contribution is 0.0932. The molecule has 0 amide bonds. The first-order chi connectivity index (χ1) is 15.5. The molecule has 0 radical (unpaired) electrons. The number of sulfone groups is 1. The van der Waals surface area contributed by atoms with Crippen LogP contribution in [0.1, 0.15) is 23.1 Å². The summed E-state index contributed by atoms with van der Waals surface area (Å²) in [7, 11) is -3.50. The van der Waals surface area contributed by atoms with Crippen LogP contribution in [0, 0.1) is 6.92 Å². The highest BCUT2D eigenvalue weighted by atomic mass is 32.2. The minimum Gasteiger partial charge on any atom is -0.493 e. The van der Waals surface area contributed by atoms with E-state index >= 15 is 0 Å². The van der Waals surface area contributed by atoms with E-state index in [0.717, 1.165) is 17.9 Å². The standard InChI is InChI=1S/C22H25N5O4S/c1-14-2-3-19-16(4-7-31-19)17(14)10-23-22-24-11-18-20-21(25-13-27(20)22)32(28,29)9-5-15-12-30-8-6-26(15)18/h2-3,11,13,15H,4-10,12H2,1H3,(H,23,24). The van der Waals surface area contributed by atoms with E-state index in [2.05, 4.69) is 33.2 Å². The molecule has 1 aromatic carbocycles. The van der Waals surface area contributed by atoms with Crippen molar-refractivity contribution in [2.24, 2.45) is 0 Å². The molecular weight excluding hydrogens is 430 g/mol. The molecule has 9 nitrogen and oxygen atoms in total. The second-order valence-corrected chi connectivity index (χ2v) is 10.6. The van der Waals surface area contributed by atoms with Gasteiger partial charge in [-0.25, -0.2) is 18.4 Å². The lowest BCUT2D eigenvalue weighted by Gasteiger charge is -2.38. The van der Waals surface area contributed by atoms with Gasteiger partial charge in [0, 0.05) is 25.1 Å². The zero-order valence-electron chi connectivity index (χ0n) is 17.9. The molecule has 1 saturated heterocycles. The number of rotatable bonds is 3. The normalized spacial score (nSPS) is 21.4. The number of benzene rings is 1. The minimum absolute atomic E-state index is 0.0144. The fourth-order valence-corrected chi connectivity index (χ4v) is 6.49. The molecule has 0 bridgehead atoms. The monoisotopic (exact) mass is 455 g/mol.